The maximum atomic E-state index is 12.8. The van der Waals surface area contributed by atoms with Gasteiger partial charge in [-0.25, -0.2) is 4.79 Å². The molecule has 0 N–H and O–H groups in total. The Labute approximate surface area is 214 Å². The molecule has 3 atom stereocenters. The van der Waals surface area contributed by atoms with Crippen molar-refractivity contribution in [3.8, 4) is 6.07 Å². The summed E-state index contributed by atoms with van der Waals surface area (Å²) in [5.74, 6) is 0.476. The van der Waals surface area contributed by atoms with Gasteiger partial charge in [0.1, 0.15) is 6.10 Å². The van der Waals surface area contributed by atoms with Crippen LogP contribution in [0.4, 0.5) is 0 Å². The molecule has 1 aliphatic heterocycles. The van der Waals surface area contributed by atoms with Gasteiger partial charge < -0.3 is 4.74 Å². The predicted molar refractivity (Wildman–Crippen MR) is 141 cm³/mol. The topological polar surface area (TPSA) is 67.2 Å². The Morgan fingerprint density at radius 3 is 2.62 bits per heavy atom. The monoisotopic (exact) mass is 503 g/mol. The van der Waals surface area contributed by atoms with Crippen LogP contribution in [0.5, 0.6) is 0 Å². The van der Waals surface area contributed by atoms with E-state index in [0.717, 1.165) is 50.7 Å². The number of nitriles is 1. The zero-order valence-corrected chi connectivity index (χ0v) is 21.9. The first-order valence-corrected chi connectivity index (χ1v) is 14.1. The van der Waals surface area contributed by atoms with Crippen molar-refractivity contribution in [3.63, 3.8) is 0 Å². The van der Waals surface area contributed by atoms with E-state index in [0.29, 0.717) is 28.7 Å². The molecule has 34 heavy (non-hydrogen) atoms. The van der Waals surface area contributed by atoms with Gasteiger partial charge in [-0.1, -0.05) is 81.7 Å². The van der Waals surface area contributed by atoms with Gasteiger partial charge in [-0.2, -0.15) is 17.0 Å². The Hall–Kier alpha value is -1.77. The standard InChI is InChI=1S/C28H38ClNO3S/c1-2-3-4-6-9-14-22(31)18-19-24-26(33-28(32)23-15-11-12-16-25(23)29)21-34-27(24)17-10-7-5-8-13-20-30/h11-12,15-16,18-19,24,26-27H,2-10,13-14,17,21H2,1H3/t24-,26-,27+/m1/s1. The molecule has 0 aromatic heterocycles. The lowest BCUT2D eigenvalue weighted by molar-refractivity contribution is -0.114. The van der Waals surface area contributed by atoms with Crippen LogP contribution >= 0.6 is 23.4 Å². The molecule has 0 unspecified atom stereocenters. The van der Waals surface area contributed by atoms with Crippen LogP contribution in [-0.2, 0) is 9.53 Å². The molecule has 0 amide bonds. The SMILES string of the molecule is CCCCCCCC(=O)C=C[C@H]1[C@H](CCCCCCC#N)SC[C@H]1OC(=O)c1ccccc1Cl. The van der Waals surface area contributed by atoms with E-state index in [9.17, 15) is 9.59 Å². The van der Waals surface area contributed by atoms with Gasteiger partial charge in [-0.05, 0) is 37.5 Å². The quantitative estimate of drug-likeness (QED) is 0.130. The molecule has 1 aliphatic rings. The van der Waals surface area contributed by atoms with Crippen LogP contribution in [0.3, 0.4) is 0 Å². The number of nitrogens with zero attached hydrogens (tertiary/aromatic N) is 1. The highest BCUT2D eigenvalue weighted by Crippen LogP contribution is 2.39. The van der Waals surface area contributed by atoms with Crippen LogP contribution in [-0.4, -0.2) is 28.9 Å². The number of rotatable bonds is 16. The lowest BCUT2D eigenvalue weighted by atomic mass is 9.94. The molecule has 0 radical (unpaired) electrons. The van der Waals surface area contributed by atoms with Crippen molar-refractivity contribution in [1.82, 2.24) is 0 Å². The summed E-state index contributed by atoms with van der Waals surface area (Å²) in [6, 6.07) is 9.13. The summed E-state index contributed by atoms with van der Waals surface area (Å²) >= 11 is 8.01. The predicted octanol–water partition coefficient (Wildman–Crippen LogP) is 7.95. The van der Waals surface area contributed by atoms with Gasteiger partial charge in [0.25, 0.3) is 0 Å². The zero-order valence-electron chi connectivity index (χ0n) is 20.3. The van der Waals surface area contributed by atoms with E-state index in [4.69, 9.17) is 21.6 Å². The summed E-state index contributed by atoms with van der Waals surface area (Å²) in [5.41, 5.74) is 0.376. The first-order valence-electron chi connectivity index (χ1n) is 12.7. The number of unbranched alkanes of at least 4 members (excludes halogenated alkanes) is 8. The molecular formula is C28H38ClNO3S. The van der Waals surface area contributed by atoms with E-state index >= 15 is 0 Å². The van der Waals surface area contributed by atoms with Crippen molar-refractivity contribution in [2.24, 2.45) is 5.92 Å². The first kappa shape index (κ1) is 28.5. The summed E-state index contributed by atoms with van der Waals surface area (Å²) in [4.78, 5) is 25.2. The number of hydrogen-bond acceptors (Lipinski definition) is 5. The minimum absolute atomic E-state index is 0.0135. The number of ketones is 1. The second kappa shape index (κ2) is 16.8. The summed E-state index contributed by atoms with van der Waals surface area (Å²) in [5, 5.41) is 9.39. The van der Waals surface area contributed by atoms with E-state index in [1.165, 1.54) is 19.3 Å². The molecule has 0 aliphatic carbocycles. The van der Waals surface area contributed by atoms with Crippen LogP contribution in [0.2, 0.25) is 5.02 Å². The molecular weight excluding hydrogens is 466 g/mol. The maximum Gasteiger partial charge on any atom is 0.339 e. The minimum Gasteiger partial charge on any atom is -0.457 e. The summed E-state index contributed by atoms with van der Waals surface area (Å²) in [6.45, 7) is 2.19. The Balaban J connectivity index is 1.96. The molecule has 1 fully saturated rings. The number of esters is 1. The second-order valence-corrected chi connectivity index (χ2v) is 10.7. The number of thioether (sulfide) groups is 1. The molecule has 186 valence electrons. The van der Waals surface area contributed by atoms with Crippen LogP contribution < -0.4 is 0 Å². The van der Waals surface area contributed by atoms with Gasteiger partial charge in [0.05, 0.1) is 16.7 Å². The van der Waals surface area contributed by atoms with Crippen LogP contribution in [0.15, 0.2) is 36.4 Å². The van der Waals surface area contributed by atoms with Crippen molar-refractivity contribution in [2.45, 2.75) is 95.3 Å². The van der Waals surface area contributed by atoms with Gasteiger partial charge >= 0.3 is 5.97 Å². The van der Waals surface area contributed by atoms with Crippen molar-refractivity contribution < 1.29 is 14.3 Å². The number of ether oxygens (including phenoxy) is 1. The number of carbonyl (C=O) groups is 2. The highest BCUT2D eigenvalue weighted by molar-refractivity contribution is 8.00. The third kappa shape index (κ3) is 10.2. The molecule has 0 spiro atoms. The van der Waals surface area contributed by atoms with Crippen molar-refractivity contribution in [1.29, 1.82) is 5.26 Å². The summed E-state index contributed by atoms with van der Waals surface area (Å²) < 4.78 is 5.90. The van der Waals surface area contributed by atoms with Crippen molar-refractivity contribution >= 4 is 35.1 Å². The van der Waals surface area contributed by atoms with Crippen LogP contribution in [0.1, 0.15) is 94.3 Å². The normalized spacial score (nSPS) is 19.9. The molecule has 6 heteroatoms. The lowest BCUT2D eigenvalue weighted by Crippen LogP contribution is -2.28. The minimum atomic E-state index is -0.408. The zero-order chi connectivity index (χ0) is 24.6. The Bertz CT molecular complexity index is 835. The summed E-state index contributed by atoms with van der Waals surface area (Å²) in [6.07, 6.45) is 15.4. The van der Waals surface area contributed by atoms with E-state index in [-0.39, 0.29) is 17.8 Å². The molecule has 4 nitrogen and oxygen atoms in total. The average molecular weight is 504 g/mol. The highest BCUT2D eigenvalue weighted by atomic mass is 35.5. The van der Waals surface area contributed by atoms with Crippen LogP contribution in [0, 0.1) is 17.2 Å². The van der Waals surface area contributed by atoms with E-state index in [2.05, 4.69) is 13.0 Å². The molecule has 1 heterocycles. The van der Waals surface area contributed by atoms with E-state index < -0.39 is 5.97 Å². The third-order valence-electron chi connectivity index (χ3n) is 6.24. The molecule has 0 bridgehead atoms. The average Bonchev–Trinajstić information content (AvgIpc) is 3.21. The molecule has 1 saturated heterocycles. The van der Waals surface area contributed by atoms with Crippen molar-refractivity contribution in [2.75, 3.05) is 5.75 Å². The van der Waals surface area contributed by atoms with Gasteiger partial charge in [-0.15, -0.1) is 0 Å². The number of hydrogen-bond donors (Lipinski definition) is 0. The molecule has 2 rings (SSSR count). The maximum absolute atomic E-state index is 12.8. The second-order valence-electron chi connectivity index (χ2n) is 8.97. The Morgan fingerprint density at radius 2 is 1.85 bits per heavy atom. The largest absolute Gasteiger partial charge is 0.457 e. The van der Waals surface area contributed by atoms with E-state index in [1.54, 1.807) is 30.3 Å². The van der Waals surface area contributed by atoms with Crippen molar-refractivity contribution in [3.05, 3.63) is 47.0 Å². The Kier molecular flexibility index (Phi) is 14.1. The fourth-order valence-corrected chi connectivity index (χ4v) is 6.01. The molecule has 1 aromatic carbocycles. The highest BCUT2D eigenvalue weighted by Gasteiger charge is 2.37. The first-order chi connectivity index (χ1) is 16.6. The summed E-state index contributed by atoms with van der Waals surface area (Å²) in [7, 11) is 0. The van der Waals surface area contributed by atoms with Crippen LogP contribution in [0.25, 0.3) is 0 Å². The van der Waals surface area contributed by atoms with Gasteiger partial charge in [0, 0.05) is 29.8 Å². The fourth-order valence-electron chi connectivity index (χ4n) is 4.25. The Morgan fingerprint density at radius 1 is 1.12 bits per heavy atom. The van der Waals surface area contributed by atoms with Gasteiger partial charge in [0.2, 0.25) is 0 Å². The number of allylic oxidation sites excluding steroid dienone is 1. The van der Waals surface area contributed by atoms with Gasteiger partial charge in [0.15, 0.2) is 5.78 Å². The smallest absolute Gasteiger partial charge is 0.339 e. The lowest BCUT2D eigenvalue weighted by Gasteiger charge is -2.21. The fraction of sp³-hybridized carbons (Fsp3) is 0.607. The third-order valence-corrected chi connectivity index (χ3v) is 8.07. The number of benzene rings is 1. The molecule has 1 aromatic rings. The van der Waals surface area contributed by atoms with E-state index in [1.807, 2.05) is 17.8 Å². The van der Waals surface area contributed by atoms with Gasteiger partial charge in [-0.3, -0.25) is 4.79 Å². The number of halogens is 1. The number of carbonyl (C=O) groups excluding carboxylic acids is 2. The molecule has 0 saturated carbocycles.